The van der Waals surface area contributed by atoms with Gasteiger partial charge in [0, 0.05) is 13.1 Å². The number of rotatable bonds is 3. The van der Waals surface area contributed by atoms with Gasteiger partial charge in [0.25, 0.3) is 0 Å². The summed E-state index contributed by atoms with van der Waals surface area (Å²) in [7, 11) is 1.74. The van der Waals surface area contributed by atoms with Crippen LogP contribution in [0.15, 0.2) is 0 Å². The Morgan fingerprint density at radius 1 is 1.56 bits per heavy atom. The minimum atomic E-state index is -0.356. The van der Waals surface area contributed by atoms with E-state index in [1.54, 1.807) is 18.7 Å². The van der Waals surface area contributed by atoms with E-state index in [0.29, 0.717) is 23.0 Å². The Bertz CT molecular complexity index is 479. The van der Waals surface area contributed by atoms with E-state index >= 15 is 0 Å². The first-order valence-electron chi connectivity index (χ1n) is 6.25. The molecule has 0 saturated heterocycles. The van der Waals surface area contributed by atoms with Crippen LogP contribution in [0.4, 0.5) is 11.5 Å². The fraction of sp³-hybridized carbons (Fsp3) is 0.750. The Morgan fingerprint density at radius 3 is 2.72 bits per heavy atom. The summed E-state index contributed by atoms with van der Waals surface area (Å²) in [5, 5.41) is 18.5. The predicted octanol–water partition coefficient (Wildman–Crippen LogP) is 2.63. The van der Waals surface area contributed by atoms with Gasteiger partial charge in [0.05, 0.1) is 4.92 Å². The SMILES string of the molecule is Cc1nn(C)c(NC2CCC(C)(C)C2)c1[N+](=O)[O-]. The molecule has 100 valence electrons. The zero-order valence-corrected chi connectivity index (χ0v) is 11.4. The Labute approximate surface area is 107 Å². The summed E-state index contributed by atoms with van der Waals surface area (Å²) in [5.74, 6) is 0.528. The predicted molar refractivity (Wildman–Crippen MR) is 69.6 cm³/mol. The second-order valence-electron chi connectivity index (χ2n) is 5.91. The van der Waals surface area contributed by atoms with Crippen LogP contribution >= 0.6 is 0 Å². The van der Waals surface area contributed by atoms with Crippen LogP contribution < -0.4 is 5.32 Å². The number of hydrogen-bond donors (Lipinski definition) is 1. The van der Waals surface area contributed by atoms with Crippen LogP contribution in [-0.2, 0) is 7.05 Å². The molecule has 1 saturated carbocycles. The molecule has 1 aromatic rings. The van der Waals surface area contributed by atoms with Crippen molar-refractivity contribution in [2.75, 3.05) is 5.32 Å². The molecular formula is C12H20N4O2. The minimum absolute atomic E-state index is 0.0993. The highest BCUT2D eigenvalue weighted by atomic mass is 16.6. The third-order valence-electron chi connectivity index (χ3n) is 3.68. The van der Waals surface area contributed by atoms with Gasteiger partial charge in [-0.15, -0.1) is 0 Å². The van der Waals surface area contributed by atoms with E-state index in [9.17, 15) is 10.1 Å². The molecule has 0 amide bonds. The quantitative estimate of drug-likeness (QED) is 0.663. The van der Waals surface area contributed by atoms with Crippen LogP contribution in [0, 0.1) is 22.5 Å². The van der Waals surface area contributed by atoms with Gasteiger partial charge in [-0.2, -0.15) is 5.10 Å². The van der Waals surface area contributed by atoms with Gasteiger partial charge in [-0.3, -0.25) is 10.1 Å². The molecular weight excluding hydrogens is 232 g/mol. The van der Waals surface area contributed by atoms with Crippen molar-refractivity contribution >= 4 is 11.5 Å². The van der Waals surface area contributed by atoms with Gasteiger partial charge in [0.15, 0.2) is 0 Å². The maximum Gasteiger partial charge on any atom is 0.333 e. The van der Waals surface area contributed by atoms with Gasteiger partial charge >= 0.3 is 5.69 Å². The van der Waals surface area contributed by atoms with Crippen LogP contribution in [0.5, 0.6) is 0 Å². The second-order valence-corrected chi connectivity index (χ2v) is 5.91. The van der Waals surface area contributed by atoms with E-state index in [2.05, 4.69) is 24.3 Å². The Morgan fingerprint density at radius 2 is 2.22 bits per heavy atom. The van der Waals surface area contributed by atoms with Crippen molar-refractivity contribution in [3.63, 3.8) is 0 Å². The van der Waals surface area contributed by atoms with Crippen molar-refractivity contribution in [2.24, 2.45) is 12.5 Å². The van der Waals surface area contributed by atoms with Gasteiger partial charge in [-0.05, 0) is 31.6 Å². The molecule has 0 aromatic carbocycles. The van der Waals surface area contributed by atoms with Gasteiger partial charge in [-0.1, -0.05) is 13.8 Å². The van der Waals surface area contributed by atoms with E-state index < -0.39 is 0 Å². The minimum Gasteiger partial charge on any atom is -0.362 e. The number of nitrogens with one attached hydrogen (secondary N) is 1. The standard InChI is InChI=1S/C12H20N4O2/c1-8-10(16(17)18)11(15(4)14-8)13-9-5-6-12(2,3)7-9/h9,13H,5-7H2,1-4H3. The molecule has 1 fully saturated rings. The monoisotopic (exact) mass is 252 g/mol. The van der Waals surface area contributed by atoms with E-state index in [-0.39, 0.29) is 10.6 Å². The van der Waals surface area contributed by atoms with Crippen molar-refractivity contribution in [2.45, 2.75) is 46.1 Å². The fourth-order valence-electron chi connectivity index (χ4n) is 2.78. The lowest BCUT2D eigenvalue weighted by Crippen LogP contribution is -2.20. The molecule has 1 aromatic heterocycles. The zero-order chi connectivity index (χ0) is 13.5. The molecule has 1 N–H and O–H groups in total. The average molecular weight is 252 g/mol. The van der Waals surface area contributed by atoms with Crippen LogP contribution in [0.25, 0.3) is 0 Å². The molecule has 1 heterocycles. The van der Waals surface area contributed by atoms with Crippen molar-refractivity contribution < 1.29 is 4.92 Å². The zero-order valence-electron chi connectivity index (χ0n) is 11.4. The molecule has 6 heteroatoms. The highest BCUT2D eigenvalue weighted by Crippen LogP contribution is 2.39. The Kier molecular flexibility index (Phi) is 3.04. The lowest BCUT2D eigenvalue weighted by Gasteiger charge is -2.18. The van der Waals surface area contributed by atoms with Crippen LogP contribution in [0.1, 0.15) is 38.8 Å². The van der Waals surface area contributed by atoms with Crippen molar-refractivity contribution in [1.29, 1.82) is 0 Å². The Hall–Kier alpha value is -1.59. The Balaban J connectivity index is 2.22. The summed E-state index contributed by atoms with van der Waals surface area (Å²) in [5.41, 5.74) is 0.879. The largest absolute Gasteiger partial charge is 0.362 e. The molecule has 1 aliphatic carbocycles. The van der Waals surface area contributed by atoms with Crippen LogP contribution in [-0.4, -0.2) is 20.7 Å². The van der Waals surface area contributed by atoms with Crippen molar-refractivity contribution in [3.8, 4) is 0 Å². The lowest BCUT2D eigenvalue weighted by atomic mass is 9.92. The molecule has 0 spiro atoms. The molecule has 2 rings (SSSR count). The summed E-state index contributed by atoms with van der Waals surface area (Å²) in [6.45, 7) is 6.14. The molecule has 18 heavy (non-hydrogen) atoms. The summed E-state index contributed by atoms with van der Waals surface area (Å²) in [6.07, 6.45) is 3.23. The van der Waals surface area contributed by atoms with Gasteiger partial charge in [0.2, 0.25) is 5.82 Å². The highest BCUT2D eigenvalue weighted by Gasteiger charge is 2.33. The maximum absolute atomic E-state index is 11.1. The normalized spacial score (nSPS) is 22.1. The summed E-state index contributed by atoms with van der Waals surface area (Å²) in [6, 6.07) is 0.300. The highest BCUT2D eigenvalue weighted by molar-refractivity contribution is 5.59. The summed E-state index contributed by atoms with van der Waals surface area (Å²) < 4.78 is 1.57. The first-order chi connectivity index (χ1) is 8.30. The number of aryl methyl sites for hydroxylation is 2. The first kappa shape index (κ1) is 12.9. The average Bonchev–Trinajstić information content (AvgIpc) is 2.68. The van der Waals surface area contributed by atoms with Crippen molar-refractivity contribution in [1.82, 2.24) is 9.78 Å². The fourth-order valence-corrected chi connectivity index (χ4v) is 2.78. The third kappa shape index (κ3) is 2.32. The van der Waals surface area contributed by atoms with Gasteiger partial charge in [0.1, 0.15) is 5.69 Å². The molecule has 1 unspecified atom stereocenters. The van der Waals surface area contributed by atoms with E-state index in [1.165, 1.54) is 0 Å². The van der Waals surface area contributed by atoms with E-state index in [1.807, 2.05) is 0 Å². The maximum atomic E-state index is 11.1. The molecule has 1 aliphatic rings. The van der Waals surface area contributed by atoms with E-state index in [4.69, 9.17) is 0 Å². The summed E-state index contributed by atoms with van der Waals surface area (Å²) >= 11 is 0. The first-order valence-corrected chi connectivity index (χ1v) is 6.25. The molecule has 0 aliphatic heterocycles. The third-order valence-corrected chi connectivity index (χ3v) is 3.68. The van der Waals surface area contributed by atoms with Gasteiger partial charge in [-0.25, -0.2) is 4.68 Å². The molecule has 1 atom stereocenters. The molecule has 0 radical (unpaired) electrons. The number of anilines is 1. The number of nitrogens with zero attached hydrogens (tertiary/aromatic N) is 3. The molecule has 6 nitrogen and oxygen atoms in total. The van der Waals surface area contributed by atoms with Crippen LogP contribution in [0.3, 0.4) is 0 Å². The van der Waals surface area contributed by atoms with E-state index in [0.717, 1.165) is 19.3 Å². The number of aromatic nitrogens is 2. The molecule has 0 bridgehead atoms. The van der Waals surface area contributed by atoms with Crippen molar-refractivity contribution in [3.05, 3.63) is 15.8 Å². The second kappa shape index (κ2) is 4.26. The lowest BCUT2D eigenvalue weighted by molar-refractivity contribution is -0.384. The van der Waals surface area contributed by atoms with Gasteiger partial charge < -0.3 is 5.32 Å². The van der Waals surface area contributed by atoms with Crippen LogP contribution in [0.2, 0.25) is 0 Å². The smallest absolute Gasteiger partial charge is 0.333 e. The number of hydrogen-bond acceptors (Lipinski definition) is 4. The summed E-state index contributed by atoms with van der Waals surface area (Å²) in [4.78, 5) is 10.7. The topological polar surface area (TPSA) is 73.0 Å². The number of nitro groups is 1.